The minimum absolute atomic E-state index is 0.275. The molecule has 0 amide bonds. The van der Waals surface area contributed by atoms with E-state index in [9.17, 15) is 9.90 Å². The van der Waals surface area contributed by atoms with E-state index in [1.807, 2.05) is 61.7 Å². The first kappa shape index (κ1) is 15.7. The third kappa shape index (κ3) is 3.71. The highest BCUT2D eigenvalue weighted by Gasteiger charge is 2.40. The van der Waals surface area contributed by atoms with E-state index < -0.39 is 11.5 Å². The SMILES string of the molecule is CC(C)CC(NCc1cccs1)(C(=O)O)c1ccccc1. The van der Waals surface area contributed by atoms with Crippen LogP contribution in [-0.4, -0.2) is 11.1 Å². The Balaban J connectivity index is 2.33. The molecule has 1 aromatic heterocycles. The molecular formula is C17H21NO2S. The first-order valence-electron chi connectivity index (χ1n) is 7.11. The number of aliphatic carboxylic acids is 1. The van der Waals surface area contributed by atoms with Crippen molar-refractivity contribution in [2.45, 2.75) is 32.4 Å². The fourth-order valence-electron chi connectivity index (χ4n) is 2.56. The molecule has 0 saturated heterocycles. The zero-order valence-electron chi connectivity index (χ0n) is 12.4. The fourth-order valence-corrected chi connectivity index (χ4v) is 3.21. The minimum atomic E-state index is -1.04. The summed E-state index contributed by atoms with van der Waals surface area (Å²) in [6, 6.07) is 13.5. The van der Waals surface area contributed by atoms with Crippen molar-refractivity contribution in [2.75, 3.05) is 0 Å². The number of hydrogen-bond acceptors (Lipinski definition) is 3. The molecule has 4 heteroatoms. The Morgan fingerprint density at radius 2 is 1.95 bits per heavy atom. The maximum absolute atomic E-state index is 12.1. The monoisotopic (exact) mass is 303 g/mol. The van der Waals surface area contributed by atoms with Gasteiger partial charge in [-0.05, 0) is 29.3 Å². The molecule has 1 heterocycles. The molecule has 0 aliphatic carbocycles. The van der Waals surface area contributed by atoms with Gasteiger partial charge in [0.25, 0.3) is 0 Å². The van der Waals surface area contributed by atoms with Crippen molar-refractivity contribution in [1.29, 1.82) is 0 Å². The summed E-state index contributed by atoms with van der Waals surface area (Å²) < 4.78 is 0. The lowest BCUT2D eigenvalue weighted by molar-refractivity contribution is -0.146. The third-order valence-corrected chi connectivity index (χ3v) is 4.37. The Hall–Kier alpha value is -1.65. The second-order valence-corrected chi connectivity index (χ2v) is 6.64. The van der Waals surface area contributed by atoms with Crippen LogP contribution in [0.5, 0.6) is 0 Å². The van der Waals surface area contributed by atoms with Gasteiger partial charge in [0.1, 0.15) is 5.54 Å². The van der Waals surface area contributed by atoms with Crippen LogP contribution in [0.4, 0.5) is 0 Å². The fraction of sp³-hybridized carbons (Fsp3) is 0.353. The summed E-state index contributed by atoms with van der Waals surface area (Å²) in [4.78, 5) is 13.2. The van der Waals surface area contributed by atoms with E-state index in [-0.39, 0.29) is 5.92 Å². The molecule has 0 aliphatic rings. The van der Waals surface area contributed by atoms with Crippen LogP contribution in [0, 0.1) is 5.92 Å². The predicted octanol–water partition coefficient (Wildman–Crippen LogP) is 3.86. The molecule has 0 saturated carbocycles. The minimum Gasteiger partial charge on any atom is -0.480 e. The summed E-state index contributed by atoms with van der Waals surface area (Å²) in [5, 5.41) is 15.2. The van der Waals surface area contributed by atoms with Crippen LogP contribution >= 0.6 is 11.3 Å². The van der Waals surface area contributed by atoms with Gasteiger partial charge in [0, 0.05) is 11.4 Å². The van der Waals surface area contributed by atoms with Crippen LogP contribution < -0.4 is 5.32 Å². The Morgan fingerprint density at radius 1 is 1.24 bits per heavy atom. The third-order valence-electron chi connectivity index (χ3n) is 3.49. The van der Waals surface area contributed by atoms with Crippen LogP contribution in [0.1, 0.15) is 30.7 Å². The highest BCUT2D eigenvalue weighted by Crippen LogP contribution is 2.30. The van der Waals surface area contributed by atoms with Crippen LogP contribution in [0.25, 0.3) is 0 Å². The molecule has 21 heavy (non-hydrogen) atoms. The van der Waals surface area contributed by atoms with Crippen molar-refractivity contribution in [3.05, 3.63) is 58.3 Å². The second kappa shape index (κ2) is 6.87. The smallest absolute Gasteiger partial charge is 0.328 e. The maximum Gasteiger partial charge on any atom is 0.328 e. The number of nitrogens with one attached hydrogen (secondary N) is 1. The molecule has 1 atom stereocenters. The van der Waals surface area contributed by atoms with Crippen LogP contribution in [0.15, 0.2) is 47.8 Å². The number of carboxylic acid groups (broad SMARTS) is 1. The normalized spacial score (nSPS) is 14.0. The molecular weight excluding hydrogens is 282 g/mol. The number of hydrogen-bond donors (Lipinski definition) is 2. The van der Waals surface area contributed by atoms with Gasteiger partial charge < -0.3 is 5.11 Å². The van der Waals surface area contributed by atoms with E-state index in [0.717, 1.165) is 10.4 Å². The van der Waals surface area contributed by atoms with Crippen molar-refractivity contribution in [1.82, 2.24) is 5.32 Å². The van der Waals surface area contributed by atoms with Crippen LogP contribution in [-0.2, 0) is 16.9 Å². The van der Waals surface area contributed by atoms with E-state index in [1.165, 1.54) is 0 Å². The highest BCUT2D eigenvalue weighted by molar-refractivity contribution is 7.09. The van der Waals surface area contributed by atoms with Crippen LogP contribution in [0.2, 0.25) is 0 Å². The van der Waals surface area contributed by atoms with Gasteiger partial charge >= 0.3 is 5.97 Å². The van der Waals surface area contributed by atoms with Crippen molar-refractivity contribution in [3.8, 4) is 0 Å². The average molecular weight is 303 g/mol. The van der Waals surface area contributed by atoms with Gasteiger partial charge in [-0.3, -0.25) is 5.32 Å². The summed E-state index contributed by atoms with van der Waals surface area (Å²) >= 11 is 1.63. The molecule has 1 unspecified atom stereocenters. The predicted molar refractivity (Wildman–Crippen MR) is 86.4 cm³/mol. The summed E-state index contributed by atoms with van der Waals surface area (Å²) in [7, 11) is 0. The molecule has 2 rings (SSSR count). The number of benzene rings is 1. The summed E-state index contributed by atoms with van der Waals surface area (Å²) in [6.07, 6.45) is 0.553. The molecule has 0 aliphatic heterocycles. The molecule has 112 valence electrons. The molecule has 0 spiro atoms. The average Bonchev–Trinajstić information content (AvgIpc) is 2.97. The zero-order valence-corrected chi connectivity index (χ0v) is 13.2. The lowest BCUT2D eigenvalue weighted by Gasteiger charge is -2.33. The molecule has 2 N–H and O–H groups in total. The van der Waals surface area contributed by atoms with Gasteiger partial charge in [-0.1, -0.05) is 50.2 Å². The Morgan fingerprint density at radius 3 is 2.48 bits per heavy atom. The molecule has 0 radical (unpaired) electrons. The molecule has 0 fully saturated rings. The highest BCUT2D eigenvalue weighted by atomic mass is 32.1. The molecule has 3 nitrogen and oxygen atoms in total. The van der Waals surface area contributed by atoms with Gasteiger partial charge in [-0.15, -0.1) is 11.3 Å². The number of carboxylic acids is 1. The Bertz CT molecular complexity index is 566. The number of rotatable bonds is 7. The quantitative estimate of drug-likeness (QED) is 0.816. The Kier molecular flexibility index (Phi) is 5.15. The molecule has 0 bridgehead atoms. The Labute approximate surface area is 129 Å². The topological polar surface area (TPSA) is 49.3 Å². The lowest BCUT2D eigenvalue weighted by Crippen LogP contribution is -2.49. The van der Waals surface area contributed by atoms with Crippen LogP contribution in [0.3, 0.4) is 0 Å². The van der Waals surface area contributed by atoms with E-state index in [0.29, 0.717) is 13.0 Å². The largest absolute Gasteiger partial charge is 0.480 e. The lowest BCUT2D eigenvalue weighted by atomic mass is 9.82. The van der Waals surface area contributed by atoms with Gasteiger partial charge in [-0.25, -0.2) is 4.79 Å². The zero-order chi connectivity index (χ0) is 15.3. The van der Waals surface area contributed by atoms with Crippen molar-refractivity contribution in [3.63, 3.8) is 0 Å². The van der Waals surface area contributed by atoms with Gasteiger partial charge in [0.2, 0.25) is 0 Å². The van der Waals surface area contributed by atoms with E-state index in [1.54, 1.807) is 11.3 Å². The first-order valence-corrected chi connectivity index (χ1v) is 7.99. The van der Waals surface area contributed by atoms with Gasteiger partial charge in [0.05, 0.1) is 0 Å². The van der Waals surface area contributed by atoms with Crippen molar-refractivity contribution in [2.24, 2.45) is 5.92 Å². The number of thiophene rings is 1. The molecule has 1 aromatic carbocycles. The summed E-state index contributed by atoms with van der Waals surface area (Å²) in [5.41, 5.74) is -0.234. The first-order chi connectivity index (χ1) is 10.0. The summed E-state index contributed by atoms with van der Waals surface area (Å²) in [6.45, 7) is 4.66. The van der Waals surface area contributed by atoms with Crippen molar-refractivity contribution < 1.29 is 9.90 Å². The van der Waals surface area contributed by atoms with Crippen molar-refractivity contribution >= 4 is 17.3 Å². The van der Waals surface area contributed by atoms with Gasteiger partial charge in [-0.2, -0.15) is 0 Å². The second-order valence-electron chi connectivity index (χ2n) is 5.61. The maximum atomic E-state index is 12.1. The standard InChI is InChI=1S/C17H21NO2S/c1-13(2)11-17(16(19)20,14-7-4-3-5-8-14)18-12-15-9-6-10-21-15/h3-10,13,18H,11-12H2,1-2H3,(H,19,20). The van der Waals surface area contributed by atoms with E-state index >= 15 is 0 Å². The molecule has 2 aromatic rings. The van der Waals surface area contributed by atoms with E-state index in [2.05, 4.69) is 5.32 Å². The number of carbonyl (C=O) groups is 1. The van der Waals surface area contributed by atoms with Gasteiger partial charge in [0.15, 0.2) is 0 Å². The summed E-state index contributed by atoms with van der Waals surface area (Å²) in [5.74, 6) is -0.545. The van der Waals surface area contributed by atoms with E-state index in [4.69, 9.17) is 0 Å².